The third-order valence-electron chi connectivity index (χ3n) is 5.64. The van der Waals surface area contributed by atoms with Gasteiger partial charge < -0.3 is 25.2 Å². The summed E-state index contributed by atoms with van der Waals surface area (Å²) in [4.78, 5) is 24.3. The maximum absolute atomic E-state index is 13.1. The zero-order chi connectivity index (χ0) is 29.1. The van der Waals surface area contributed by atoms with Gasteiger partial charge in [-0.3, -0.25) is 0 Å². The third-order valence-corrected chi connectivity index (χ3v) is 6.14. The molecule has 1 aliphatic rings. The average Bonchev–Trinajstić information content (AvgIpc) is 3.35. The van der Waals surface area contributed by atoms with Crippen molar-refractivity contribution in [2.45, 2.75) is 38.8 Å². The number of urea groups is 1. The van der Waals surface area contributed by atoms with Crippen molar-refractivity contribution in [1.29, 1.82) is 0 Å². The molecule has 0 aliphatic carbocycles. The van der Waals surface area contributed by atoms with Gasteiger partial charge >= 0.3 is 18.4 Å². The predicted octanol–water partition coefficient (Wildman–Crippen LogP) is 5.12. The predicted molar refractivity (Wildman–Crippen MR) is 134 cm³/mol. The van der Waals surface area contributed by atoms with Crippen LogP contribution < -0.4 is 20.3 Å². The van der Waals surface area contributed by atoms with Crippen LogP contribution in [0.3, 0.4) is 0 Å². The Balaban J connectivity index is 1.36. The number of ether oxygens (including phenoxy) is 1. The number of nitrogens with zero attached hydrogens (tertiary/aromatic N) is 6. The molecule has 0 atom stereocenters. The Morgan fingerprint density at radius 2 is 1.68 bits per heavy atom. The lowest BCUT2D eigenvalue weighted by Gasteiger charge is -2.34. The first-order valence-corrected chi connectivity index (χ1v) is 12.7. The van der Waals surface area contributed by atoms with Crippen LogP contribution in [-0.2, 0) is 19.0 Å². The Morgan fingerprint density at radius 3 is 2.27 bits per heavy atom. The van der Waals surface area contributed by atoms with Gasteiger partial charge in [-0.2, -0.15) is 30.7 Å². The monoisotopic (exact) mass is 590 g/mol. The van der Waals surface area contributed by atoms with Gasteiger partial charge in [-0.25, -0.2) is 14.8 Å². The number of hydrogen-bond acceptors (Lipinski definition) is 9. The molecule has 0 unspecified atom stereocenters. The van der Waals surface area contributed by atoms with Crippen LogP contribution in [0, 0.1) is 0 Å². The van der Waals surface area contributed by atoms with E-state index in [0.29, 0.717) is 29.6 Å². The van der Waals surface area contributed by atoms with Crippen molar-refractivity contribution >= 4 is 35.2 Å². The summed E-state index contributed by atoms with van der Waals surface area (Å²) in [6, 6.07) is 1.95. The molecule has 3 aromatic rings. The zero-order valence-corrected chi connectivity index (χ0v) is 22.0. The summed E-state index contributed by atoms with van der Waals surface area (Å²) >= 11 is 0.934. The normalized spacial score (nSPS) is 14.4. The molecule has 0 saturated carbocycles. The molecule has 0 bridgehead atoms. The fourth-order valence-corrected chi connectivity index (χ4v) is 4.28. The molecule has 2 N–H and O–H groups in total. The maximum Gasteiger partial charge on any atom is 0.416 e. The van der Waals surface area contributed by atoms with Crippen LogP contribution in [0.25, 0.3) is 0 Å². The minimum atomic E-state index is -5.02. The largest absolute Gasteiger partial charge is 0.468 e. The number of piperazine rings is 1. The van der Waals surface area contributed by atoms with Gasteiger partial charge in [-0.05, 0) is 38.1 Å². The van der Waals surface area contributed by atoms with Gasteiger partial charge in [0.25, 0.3) is 5.88 Å². The van der Waals surface area contributed by atoms with Crippen LogP contribution in [-0.4, -0.2) is 61.9 Å². The van der Waals surface area contributed by atoms with Crippen LogP contribution in [0.2, 0.25) is 0 Å². The molecule has 40 heavy (non-hydrogen) atoms. The highest BCUT2D eigenvalue weighted by atomic mass is 32.1. The standard InChI is InChI=1S/C23H24F6N8O2S/c1-13(2)31-20-30-4-3-16(32-20)12-39-19-18(34-40-35-19)36-5-7-37(8-6-36)21(38)33-17-10-14(22(24,25)26)9-15(11-17)23(27,28)29/h3-4,9-11,13H,5-8,12H2,1-2H3,(H,33,38)(H,30,31,32). The minimum Gasteiger partial charge on any atom is -0.468 e. The van der Waals surface area contributed by atoms with Crippen LogP contribution in [0.15, 0.2) is 30.5 Å². The molecule has 17 heteroatoms. The van der Waals surface area contributed by atoms with E-state index < -0.39 is 35.2 Å². The lowest BCUT2D eigenvalue weighted by molar-refractivity contribution is -0.143. The van der Waals surface area contributed by atoms with E-state index in [1.54, 1.807) is 12.3 Å². The molecule has 1 aromatic carbocycles. The van der Waals surface area contributed by atoms with Crippen LogP contribution in [0.4, 0.5) is 48.6 Å². The van der Waals surface area contributed by atoms with E-state index in [2.05, 4.69) is 29.3 Å². The number of amides is 2. The highest BCUT2D eigenvalue weighted by Crippen LogP contribution is 2.37. The van der Waals surface area contributed by atoms with Gasteiger partial charge in [0, 0.05) is 44.1 Å². The van der Waals surface area contributed by atoms with E-state index >= 15 is 0 Å². The molecule has 4 rings (SSSR count). The van der Waals surface area contributed by atoms with Gasteiger partial charge in [0.15, 0.2) is 0 Å². The summed E-state index contributed by atoms with van der Waals surface area (Å²) in [7, 11) is 0. The second kappa shape index (κ2) is 11.7. The number of aromatic nitrogens is 4. The molecule has 1 fully saturated rings. The smallest absolute Gasteiger partial charge is 0.416 e. The highest BCUT2D eigenvalue weighted by molar-refractivity contribution is 6.99. The number of nitrogens with one attached hydrogen (secondary N) is 2. The number of benzene rings is 1. The summed E-state index contributed by atoms with van der Waals surface area (Å²) in [5.41, 5.74) is -3.02. The van der Waals surface area contributed by atoms with Gasteiger partial charge in [0.05, 0.1) is 28.5 Å². The van der Waals surface area contributed by atoms with E-state index in [9.17, 15) is 31.1 Å². The molecule has 216 valence electrons. The van der Waals surface area contributed by atoms with Crippen molar-refractivity contribution in [2.24, 2.45) is 0 Å². The lowest BCUT2D eigenvalue weighted by atomic mass is 10.1. The van der Waals surface area contributed by atoms with Gasteiger partial charge in [0.1, 0.15) is 6.61 Å². The second-order valence-electron chi connectivity index (χ2n) is 9.05. The summed E-state index contributed by atoms with van der Waals surface area (Å²) in [6.45, 7) is 4.83. The summed E-state index contributed by atoms with van der Waals surface area (Å²) in [5.74, 6) is 1.18. The third kappa shape index (κ3) is 7.40. The molecule has 0 radical (unpaired) electrons. The summed E-state index contributed by atoms with van der Waals surface area (Å²) in [6.07, 6.45) is -8.44. The molecule has 10 nitrogen and oxygen atoms in total. The number of rotatable bonds is 7. The highest BCUT2D eigenvalue weighted by Gasteiger charge is 2.37. The average molecular weight is 591 g/mol. The quantitative estimate of drug-likeness (QED) is 0.365. The molecule has 2 aromatic heterocycles. The van der Waals surface area contributed by atoms with E-state index in [1.165, 1.54) is 4.90 Å². The van der Waals surface area contributed by atoms with Crippen molar-refractivity contribution in [2.75, 3.05) is 41.7 Å². The molecule has 0 spiro atoms. The first-order valence-electron chi connectivity index (χ1n) is 11.9. The van der Waals surface area contributed by atoms with E-state index in [1.807, 2.05) is 18.7 Å². The van der Waals surface area contributed by atoms with Gasteiger partial charge in [0.2, 0.25) is 11.8 Å². The topological polar surface area (TPSA) is 108 Å². The van der Waals surface area contributed by atoms with Crippen molar-refractivity contribution in [3.8, 4) is 5.88 Å². The Hall–Kier alpha value is -3.89. The van der Waals surface area contributed by atoms with E-state index in [-0.39, 0.29) is 50.8 Å². The van der Waals surface area contributed by atoms with E-state index in [0.717, 1.165) is 11.7 Å². The van der Waals surface area contributed by atoms with Crippen LogP contribution in [0.5, 0.6) is 5.88 Å². The fourth-order valence-electron chi connectivity index (χ4n) is 3.76. The Kier molecular flexibility index (Phi) is 8.51. The van der Waals surface area contributed by atoms with Crippen molar-refractivity contribution in [3.05, 3.63) is 47.3 Å². The first-order chi connectivity index (χ1) is 18.8. The Labute approximate surface area is 228 Å². The summed E-state index contributed by atoms with van der Waals surface area (Å²) in [5, 5.41) is 5.25. The Bertz CT molecular complexity index is 1290. The van der Waals surface area contributed by atoms with Crippen LogP contribution >= 0.6 is 11.7 Å². The number of halogens is 6. The fraction of sp³-hybridized carbons (Fsp3) is 0.435. The molecule has 1 aliphatic heterocycles. The summed E-state index contributed by atoms with van der Waals surface area (Å²) < 4.78 is 93.0. The number of carbonyl (C=O) groups excluding carboxylic acids is 1. The number of alkyl halides is 6. The van der Waals surface area contributed by atoms with E-state index in [4.69, 9.17) is 4.74 Å². The van der Waals surface area contributed by atoms with Gasteiger partial charge in [-0.1, -0.05) is 0 Å². The Morgan fingerprint density at radius 1 is 1.02 bits per heavy atom. The number of hydrogen-bond donors (Lipinski definition) is 2. The van der Waals surface area contributed by atoms with Crippen molar-refractivity contribution in [1.82, 2.24) is 23.6 Å². The number of anilines is 3. The van der Waals surface area contributed by atoms with Gasteiger partial charge in [-0.15, -0.1) is 4.37 Å². The molecule has 1 saturated heterocycles. The molecular weight excluding hydrogens is 566 g/mol. The lowest BCUT2D eigenvalue weighted by Crippen LogP contribution is -2.50. The van der Waals surface area contributed by atoms with Crippen molar-refractivity contribution in [3.63, 3.8) is 0 Å². The molecular formula is C23H24F6N8O2S. The first kappa shape index (κ1) is 29.1. The molecule has 2 amide bonds. The molecule has 3 heterocycles. The maximum atomic E-state index is 13.1. The SMILES string of the molecule is CC(C)Nc1nccc(COc2nsnc2N2CCN(C(=O)Nc3cc(C(F)(F)F)cc(C(F)(F)F)c3)CC2)n1. The second-order valence-corrected chi connectivity index (χ2v) is 9.58. The van der Waals surface area contributed by atoms with Crippen molar-refractivity contribution < 1.29 is 35.9 Å². The minimum absolute atomic E-state index is 0.00217. The van der Waals surface area contributed by atoms with Crippen LogP contribution in [0.1, 0.15) is 30.7 Å². The number of carbonyl (C=O) groups is 1. The zero-order valence-electron chi connectivity index (χ0n) is 21.2.